The van der Waals surface area contributed by atoms with E-state index in [1.165, 1.54) is 18.1 Å². The van der Waals surface area contributed by atoms with Crippen molar-refractivity contribution in [3.63, 3.8) is 0 Å². The van der Waals surface area contributed by atoms with Crippen LogP contribution in [0.1, 0.15) is 5.56 Å². The van der Waals surface area contributed by atoms with Crippen molar-refractivity contribution in [2.75, 3.05) is 25.1 Å². The Labute approximate surface area is 121 Å². The van der Waals surface area contributed by atoms with Gasteiger partial charge in [0, 0.05) is 0 Å². The van der Waals surface area contributed by atoms with Gasteiger partial charge in [-0.3, -0.25) is 4.90 Å². The maximum atomic E-state index is 13.5. The lowest BCUT2D eigenvalue weighted by Crippen LogP contribution is -2.34. The Kier molecular flexibility index (Phi) is 4.39. The molecule has 1 aliphatic rings. The summed E-state index contributed by atoms with van der Waals surface area (Å²) in [5.74, 6) is -0.350. The van der Waals surface area contributed by atoms with Crippen molar-refractivity contribution in [2.45, 2.75) is 13.0 Å². The number of hydrogen-bond acceptors (Lipinski definition) is 4. The Hall–Kier alpha value is -1.89. The van der Waals surface area contributed by atoms with Crippen molar-refractivity contribution < 1.29 is 18.7 Å². The second kappa shape index (κ2) is 6.04. The van der Waals surface area contributed by atoms with Gasteiger partial charge in [-0.2, -0.15) is 0 Å². The fourth-order valence-electron chi connectivity index (χ4n) is 1.86. The van der Waals surface area contributed by atoms with Gasteiger partial charge < -0.3 is 14.8 Å². The summed E-state index contributed by atoms with van der Waals surface area (Å²) in [5.41, 5.74) is 1.01. The first-order chi connectivity index (χ1) is 9.51. The molecule has 0 bridgehead atoms. The number of nitrogens with one attached hydrogen (secondary N) is 1. The van der Waals surface area contributed by atoms with E-state index in [0.717, 1.165) is 0 Å². The topological polar surface area (TPSA) is 50.8 Å². The lowest BCUT2D eigenvalue weighted by Gasteiger charge is -2.14. The smallest absolute Gasteiger partial charge is 0.414 e. The number of carbonyl (C=O) groups is 1. The Balaban J connectivity index is 2.01. The van der Waals surface area contributed by atoms with E-state index in [9.17, 15) is 9.18 Å². The first kappa shape index (κ1) is 14.5. The van der Waals surface area contributed by atoms with Gasteiger partial charge in [0.2, 0.25) is 0 Å². The van der Waals surface area contributed by atoms with Crippen LogP contribution in [-0.4, -0.2) is 37.6 Å². The molecule has 1 aromatic carbocycles. The van der Waals surface area contributed by atoms with E-state index in [1.807, 2.05) is 0 Å². The van der Waals surface area contributed by atoms with Crippen LogP contribution < -0.4 is 10.2 Å². The van der Waals surface area contributed by atoms with Crippen LogP contribution in [0.5, 0.6) is 0 Å². The zero-order valence-electron chi connectivity index (χ0n) is 11.2. The lowest BCUT2D eigenvalue weighted by atomic mass is 10.2. The van der Waals surface area contributed by atoms with Crippen molar-refractivity contribution in [3.8, 4) is 0 Å². The molecule has 5 nitrogen and oxygen atoms in total. The van der Waals surface area contributed by atoms with E-state index in [2.05, 4.69) is 5.32 Å². The molecule has 1 N–H and O–H groups in total. The first-order valence-corrected chi connectivity index (χ1v) is 6.48. The highest BCUT2D eigenvalue weighted by molar-refractivity contribution is 7.80. The summed E-state index contributed by atoms with van der Waals surface area (Å²) < 4.78 is 23.5. The van der Waals surface area contributed by atoms with Crippen LogP contribution in [0.15, 0.2) is 18.2 Å². The number of amides is 1. The normalized spacial score (nSPS) is 17.9. The molecule has 108 valence electrons. The summed E-state index contributed by atoms with van der Waals surface area (Å²) in [5, 5.41) is 3.06. The van der Waals surface area contributed by atoms with Crippen LogP contribution in [0.2, 0.25) is 0 Å². The summed E-state index contributed by atoms with van der Waals surface area (Å²) in [6.45, 7) is 2.35. The third-order valence-electron chi connectivity index (χ3n) is 3.00. The van der Waals surface area contributed by atoms with Crippen LogP contribution in [-0.2, 0) is 9.47 Å². The maximum Gasteiger partial charge on any atom is 0.414 e. The predicted molar refractivity (Wildman–Crippen MR) is 76.4 cm³/mol. The molecule has 1 atom stereocenters. The highest BCUT2D eigenvalue weighted by Crippen LogP contribution is 2.23. The zero-order chi connectivity index (χ0) is 14.7. The summed E-state index contributed by atoms with van der Waals surface area (Å²) in [6, 6.07) is 4.64. The van der Waals surface area contributed by atoms with Crippen molar-refractivity contribution in [1.82, 2.24) is 5.32 Å². The first-order valence-electron chi connectivity index (χ1n) is 6.07. The van der Waals surface area contributed by atoms with Gasteiger partial charge in [0.05, 0.1) is 25.9 Å². The summed E-state index contributed by atoms with van der Waals surface area (Å²) in [7, 11) is 1.46. The van der Waals surface area contributed by atoms with Crippen LogP contribution >= 0.6 is 12.2 Å². The Morgan fingerprint density at radius 2 is 2.40 bits per heavy atom. The molecule has 0 spiro atoms. The summed E-state index contributed by atoms with van der Waals surface area (Å²) in [6.07, 6.45) is -0.858. The Bertz CT molecular complexity index is 538. The van der Waals surface area contributed by atoms with Crippen molar-refractivity contribution >= 4 is 29.2 Å². The maximum absolute atomic E-state index is 13.5. The third kappa shape index (κ3) is 3.16. The molecule has 1 aromatic rings. The number of halogens is 1. The number of hydrogen-bond donors (Lipinski definition) is 1. The number of nitrogens with zero attached hydrogens (tertiary/aromatic N) is 1. The molecule has 20 heavy (non-hydrogen) atoms. The standard InChI is InChI=1S/C13H15FN2O3S/c1-8-3-4-9(5-11(8)14)16-7-10(19-13(16)17)6-15-12(20)18-2/h3-5,10H,6-7H2,1-2H3,(H,15,20). The van der Waals surface area contributed by atoms with Crippen molar-refractivity contribution in [2.24, 2.45) is 0 Å². The Morgan fingerprint density at radius 3 is 3.05 bits per heavy atom. The number of aryl methyl sites for hydroxylation is 1. The average Bonchev–Trinajstić information content (AvgIpc) is 2.80. The minimum absolute atomic E-state index is 0.237. The van der Waals surface area contributed by atoms with Crippen LogP contribution in [0, 0.1) is 12.7 Å². The number of rotatable bonds is 3. The molecule has 0 aliphatic carbocycles. The molecule has 0 saturated carbocycles. The Morgan fingerprint density at radius 1 is 1.65 bits per heavy atom. The van der Waals surface area contributed by atoms with Gasteiger partial charge in [0.1, 0.15) is 11.9 Å². The van der Waals surface area contributed by atoms with Crippen molar-refractivity contribution in [1.29, 1.82) is 0 Å². The minimum atomic E-state index is -0.497. The van der Waals surface area contributed by atoms with Gasteiger partial charge in [-0.05, 0) is 36.8 Å². The molecule has 1 aliphatic heterocycles. The van der Waals surface area contributed by atoms with E-state index in [1.54, 1.807) is 19.1 Å². The van der Waals surface area contributed by atoms with Crippen LogP contribution in [0.3, 0.4) is 0 Å². The third-order valence-corrected chi connectivity index (χ3v) is 3.31. The second-order valence-electron chi connectivity index (χ2n) is 4.42. The molecule has 2 rings (SSSR count). The van der Waals surface area contributed by atoms with Gasteiger partial charge in [0.15, 0.2) is 0 Å². The van der Waals surface area contributed by atoms with Gasteiger partial charge >= 0.3 is 6.09 Å². The number of methoxy groups -OCH3 is 1. The van der Waals surface area contributed by atoms with E-state index < -0.39 is 6.09 Å². The number of anilines is 1. The van der Waals surface area contributed by atoms with E-state index in [0.29, 0.717) is 24.3 Å². The lowest BCUT2D eigenvalue weighted by molar-refractivity contribution is 0.142. The summed E-state index contributed by atoms with van der Waals surface area (Å²) >= 11 is 4.84. The second-order valence-corrected chi connectivity index (χ2v) is 4.79. The largest absolute Gasteiger partial charge is 0.474 e. The van der Waals surface area contributed by atoms with Crippen LogP contribution in [0.25, 0.3) is 0 Å². The zero-order valence-corrected chi connectivity index (χ0v) is 12.0. The molecule has 0 radical (unpaired) electrons. The van der Waals surface area contributed by atoms with E-state index in [4.69, 9.17) is 21.7 Å². The van der Waals surface area contributed by atoms with E-state index in [-0.39, 0.29) is 17.1 Å². The molecular weight excluding hydrogens is 283 g/mol. The molecule has 7 heteroatoms. The molecule has 1 heterocycles. The van der Waals surface area contributed by atoms with Gasteiger partial charge in [-0.15, -0.1) is 0 Å². The number of thiocarbonyl (C=S) groups is 1. The van der Waals surface area contributed by atoms with Gasteiger partial charge in [0.25, 0.3) is 5.17 Å². The molecule has 0 aromatic heterocycles. The molecule has 1 fully saturated rings. The number of benzene rings is 1. The molecule has 1 amide bonds. The average molecular weight is 298 g/mol. The minimum Gasteiger partial charge on any atom is -0.474 e. The van der Waals surface area contributed by atoms with Crippen molar-refractivity contribution in [3.05, 3.63) is 29.6 Å². The van der Waals surface area contributed by atoms with Gasteiger partial charge in [-0.25, -0.2) is 9.18 Å². The molecular formula is C13H15FN2O3S. The monoisotopic (exact) mass is 298 g/mol. The summed E-state index contributed by atoms with van der Waals surface area (Å²) in [4.78, 5) is 13.2. The quantitative estimate of drug-likeness (QED) is 0.865. The highest BCUT2D eigenvalue weighted by Gasteiger charge is 2.32. The fraction of sp³-hybridized carbons (Fsp3) is 0.385. The molecule has 1 saturated heterocycles. The van der Waals surface area contributed by atoms with Gasteiger partial charge in [-0.1, -0.05) is 6.07 Å². The SMILES string of the molecule is COC(=S)NCC1CN(c2ccc(C)c(F)c2)C(=O)O1. The molecule has 1 unspecified atom stereocenters. The fourth-order valence-corrected chi connectivity index (χ4v) is 1.94. The number of ether oxygens (including phenoxy) is 2. The highest BCUT2D eigenvalue weighted by atomic mass is 32.1. The van der Waals surface area contributed by atoms with Crippen LogP contribution in [0.4, 0.5) is 14.9 Å². The number of carbonyl (C=O) groups excluding carboxylic acids is 1. The van der Waals surface area contributed by atoms with E-state index >= 15 is 0 Å². The predicted octanol–water partition coefficient (Wildman–Crippen LogP) is 1.98. The number of cyclic esters (lactones) is 1.